The van der Waals surface area contributed by atoms with Gasteiger partial charge in [-0.3, -0.25) is 0 Å². The lowest BCUT2D eigenvalue weighted by molar-refractivity contribution is 0.243. The van der Waals surface area contributed by atoms with Crippen LogP contribution in [0.5, 0.6) is 5.75 Å². The minimum absolute atomic E-state index is 0.0143. The van der Waals surface area contributed by atoms with Crippen molar-refractivity contribution in [1.82, 2.24) is 14.9 Å². The molecule has 10 nitrogen and oxygen atoms in total. The van der Waals surface area contributed by atoms with Gasteiger partial charge in [-0.2, -0.15) is 9.97 Å². The molecule has 0 radical (unpaired) electrons. The summed E-state index contributed by atoms with van der Waals surface area (Å²) in [5.41, 5.74) is 3.32. The van der Waals surface area contributed by atoms with Gasteiger partial charge in [0.15, 0.2) is 9.84 Å². The average Bonchev–Trinajstić information content (AvgIpc) is 3.43. The van der Waals surface area contributed by atoms with Gasteiger partial charge in [0, 0.05) is 43.0 Å². The second-order valence-corrected chi connectivity index (χ2v) is 14.2. The van der Waals surface area contributed by atoms with Gasteiger partial charge in [-0.1, -0.05) is 12.1 Å². The number of anilines is 6. The molecule has 1 saturated heterocycles. The standard InChI is InChI=1S/C31H43N7O3S/c1-20(2)41-27-19-23(38-17-14-22(15-18-38)37(5)6)11-12-25(27)34-31-35-29-24(13-16-32-29)30(36-31)33-26-9-7-8-10-28(26)42(39,40)21(3)4/h7-12,19-22H,13-18H2,1-6H3,(H3,32,33,34,35,36). The predicted molar refractivity (Wildman–Crippen MR) is 171 cm³/mol. The molecule has 0 aliphatic carbocycles. The van der Waals surface area contributed by atoms with E-state index < -0.39 is 15.1 Å². The zero-order valence-electron chi connectivity index (χ0n) is 25.4. The Bertz CT molecular complexity index is 1520. The Balaban J connectivity index is 1.44. The molecular weight excluding hydrogens is 550 g/mol. The first-order valence-corrected chi connectivity index (χ1v) is 16.3. The fourth-order valence-corrected chi connectivity index (χ4v) is 6.66. The molecule has 2 aliphatic heterocycles. The van der Waals surface area contributed by atoms with Gasteiger partial charge in [-0.05, 0) is 85.3 Å². The summed E-state index contributed by atoms with van der Waals surface area (Å²) in [5.74, 6) is 2.43. The zero-order chi connectivity index (χ0) is 30.0. The summed E-state index contributed by atoms with van der Waals surface area (Å²) in [7, 11) is 0.805. The van der Waals surface area contributed by atoms with Crippen LogP contribution < -0.4 is 25.6 Å². The first kappa shape index (κ1) is 29.9. The molecule has 3 aromatic rings. The van der Waals surface area contributed by atoms with E-state index in [1.165, 1.54) is 0 Å². The van der Waals surface area contributed by atoms with Gasteiger partial charge in [0.1, 0.15) is 17.4 Å². The molecule has 0 bridgehead atoms. The summed E-state index contributed by atoms with van der Waals surface area (Å²) in [5, 5.41) is 9.49. The lowest BCUT2D eigenvalue weighted by atomic mass is 10.0. The van der Waals surface area contributed by atoms with Crippen LogP contribution in [0.3, 0.4) is 0 Å². The highest BCUT2D eigenvalue weighted by atomic mass is 32.2. The van der Waals surface area contributed by atoms with Crippen LogP contribution in [0.15, 0.2) is 47.4 Å². The van der Waals surface area contributed by atoms with E-state index in [0.29, 0.717) is 23.5 Å². The molecule has 0 saturated carbocycles. The number of benzene rings is 2. The Labute approximate surface area is 249 Å². The molecule has 3 heterocycles. The van der Waals surface area contributed by atoms with Crippen LogP contribution in [0.1, 0.15) is 46.1 Å². The van der Waals surface area contributed by atoms with Crippen LogP contribution >= 0.6 is 0 Å². The highest BCUT2D eigenvalue weighted by Gasteiger charge is 2.26. The van der Waals surface area contributed by atoms with Gasteiger partial charge in [0.2, 0.25) is 5.95 Å². The number of hydrogen-bond acceptors (Lipinski definition) is 10. The third-order valence-corrected chi connectivity index (χ3v) is 10.1. The lowest BCUT2D eigenvalue weighted by Gasteiger charge is -2.36. The van der Waals surface area contributed by atoms with E-state index in [9.17, 15) is 8.42 Å². The van der Waals surface area contributed by atoms with Crippen molar-refractivity contribution in [2.24, 2.45) is 0 Å². The van der Waals surface area contributed by atoms with Crippen molar-refractivity contribution in [3.8, 4) is 5.75 Å². The number of aromatic nitrogens is 2. The van der Waals surface area contributed by atoms with Gasteiger partial charge in [-0.15, -0.1) is 0 Å². The quantitative estimate of drug-likeness (QED) is 0.281. The Morgan fingerprint density at radius 3 is 2.43 bits per heavy atom. The topological polar surface area (TPSA) is 112 Å². The molecule has 2 aromatic carbocycles. The van der Waals surface area contributed by atoms with Crippen molar-refractivity contribution in [2.75, 3.05) is 54.6 Å². The zero-order valence-corrected chi connectivity index (χ0v) is 26.3. The van der Waals surface area contributed by atoms with Crippen molar-refractivity contribution in [3.63, 3.8) is 0 Å². The van der Waals surface area contributed by atoms with Crippen molar-refractivity contribution < 1.29 is 13.2 Å². The smallest absolute Gasteiger partial charge is 0.231 e. The number of sulfone groups is 1. The number of ether oxygens (including phenoxy) is 1. The normalized spacial score (nSPS) is 15.7. The van der Waals surface area contributed by atoms with E-state index in [4.69, 9.17) is 14.7 Å². The van der Waals surface area contributed by atoms with Crippen molar-refractivity contribution in [2.45, 2.75) is 69.2 Å². The Morgan fingerprint density at radius 1 is 1.00 bits per heavy atom. The van der Waals surface area contributed by atoms with Crippen molar-refractivity contribution >= 4 is 44.5 Å². The van der Waals surface area contributed by atoms with Crippen molar-refractivity contribution in [1.29, 1.82) is 0 Å². The maximum Gasteiger partial charge on any atom is 0.231 e. The third-order valence-electron chi connectivity index (χ3n) is 7.88. The Kier molecular flexibility index (Phi) is 8.79. The molecular formula is C31H43N7O3S. The third kappa shape index (κ3) is 6.42. The van der Waals surface area contributed by atoms with E-state index in [1.807, 2.05) is 26.0 Å². The monoisotopic (exact) mass is 593 g/mol. The summed E-state index contributed by atoms with van der Waals surface area (Å²) in [6.07, 6.45) is 2.97. The summed E-state index contributed by atoms with van der Waals surface area (Å²) in [6.45, 7) is 10.1. The molecule has 1 aromatic heterocycles. The second kappa shape index (κ2) is 12.3. The molecule has 0 atom stereocenters. The molecule has 0 spiro atoms. The number of para-hydroxylation sites is 1. The van der Waals surface area contributed by atoms with Gasteiger partial charge in [0.25, 0.3) is 0 Å². The molecule has 2 aliphatic rings. The van der Waals surface area contributed by atoms with Gasteiger partial charge in [-0.25, -0.2) is 8.42 Å². The number of fused-ring (bicyclic) bond motifs is 1. The Hall–Kier alpha value is -3.57. The first-order chi connectivity index (χ1) is 20.0. The molecule has 1 fully saturated rings. The molecule has 11 heteroatoms. The van der Waals surface area contributed by atoms with E-state index in [0.717, 1.165) is 67.4 Å². The summed E-state index contributed by atoms with van der Waals surface area (Å²) in [6, 6.07) is 13.8. The number of rotatable bonds is 10. The minimum atomic E-state index is -3.50. The molecule has 42 heavy (non-hydrogen) atoms. The predicted octanol–water partition coefficient (Wildman–Crippen LogP) is 5.43. The maximum absolute atomic E-state index is 13.1. The van der Waals surface area contributed by atoms with Crippen LogP contribution in [0.25, 0.3) is 0 Å². The van der Waals surface area contributed by atoms with E-state index in [-0.39, 0.29) is 11.0 Å². The van der Waals surface area contributed by atoms with Crippen LogP contribution in [-0.4, -0.2) is 74.4 Å². The molecule has 0 unspecified atom stereocenters. The molecule has 3 N–H and O–H groups in total. The minimum Gasteiger partial charge on any atom is -0.489 e. The fourth-order valence-electron chi connectivity index (χ4n) is 5.45. The van der Waals surface area contributed by atoms with Gasteiger partial charge >= 0.3 is 0 Å². The molecule has 5 rings (SSSR count). The highest BCUT2D eigenvalue weighted by molar-refractivity contribution is 7.92. The summed E-state index contributed by atoms with van der Waals surface area (Å²) < 4.78 is 32.4. The second-order valence-electron chi connectivity index (χ2n) is 11.8. The largest absolute Gasteiger partial charge is 0.489 e. The Morgan fingerprint density at radius 2 is 1.74 bits per heavy atom. The van der Waals surface area contributed by atoms with Gasteiger partial charge < -0.3 is 30.5 Å². The van der Waals surface area contributed by atoms with E-state index >= 15 is 0 Å². The van der Waals surface area contributed by atoms with Crippen LogP contribution in [0.2, 0.25) is 0 Å². The maximum atomic E-state index is 13.1. The number of piperidine rings is 1. The van der Waals surface area contributed by atoms with Crippen molar-refractivity contribution in [3.05, 3.63) is 48.0 Å². The fraction of sp³-hybridized carbons (Fsp3) is 0.484. The highest BCUT2D eigenvalue weighted by Crippen LogP contribution is 2.37. The van der Waals surface area contributed by atoms with E-state index in [2.05, 4.69) is 52.0 Å². The first-order valence-electron chi connectivity index (χ1n) is 14.8. The lowest BCUT2D eigenvalue weighted by Crippen LogP contribution is -2.42. The molecule has 0 amide bonds. The molecule has 226 valence electrons. The van der Waals surface area contributed by atoms with E-state index in [1.54, 1.807) is 32.0 Å². The van der Waals surface area contributed by atoms with Crippen LogP contribution in [0.4, 0.5) is 34.6 Å². The van der Waals surface area contributed by atoms with Crippen LogP contribution in [-0.2, 0) is 16.3 Å². The number of hydrogen-bond donors (Lipinski definition) is 3. The number of nitrogens with one attached hydrogen (secondary N) is 3. The van der Waals surface area contributed by atoms with Gasteiger partial charge in [0.05, 0.1) is 27.6 Å². The average molecular weight is 594 g/mol. The SMILES string of the molecule is CC(C)Oc1cc(N2CCC(N(C)C)CC2)ccc1Nc1nc2c(c(Nc3ccccc3S(=O)(=O)C(C)C)n1)CCN2. The van der Waals surface area contributed by atoms with Crippen LogP contribution in [0, 0.1) is 0 Å². The summed E-state index contributed by atoms with van der Waals surface area (Å²) >= 11 is 0. The summed E-state index contributed by atoms with van der Waals surface area (Å²) in [4.78, 5) is 14.5. The number of nitrogens with zero attached hydrogens (tertiary/aromatic N) is 4.